The highest BCUT2D eigenvalue weighted by Crippen LogP contribution is 2.32. The second-order valence-corrected chi connectivity index (χ2v) is 6.84. The lowest BCUT2D eigenvalue weighted by atomic mass is 10.4. The van der Waals surface area contributed by atoms with Crippen LogP contribution in [-0.2, 0) is 13.3 Å². The van der Waals surface area contributed by atoms with Crippen LogP contribution in [0.2, 0.25) is 5.54 Å². The molecule has 0 aromatic rings. The smallest absolute Gasteiger partial charge is 0.377 e. The van der Waals surface area contributed by atoms with E-state index in [2.05, 4.69) is 11.8 Å². The highest BCUT2D eigenvalue weighted by atomic mass is 28.4. The fourth-order valence-corrected chi connectivity index (χ4v) is 4.62. The van der Waals surface area contributed by atoms with Crippen LogP contribution in [0.15, 0.2) is 0 Å². The van der Waals surface area contributed by atoms with Gasteiger partial charge in [-0.3, -0.25) is 0 Å². The van der Waals surface area contributed by atoms with Gasteiger partial charge in [-0.1, -0.05) is 6.92 Å². The van der Waals surface area contributed by atoms with Gasteiger partial charge in [-0.25, -0.2) is 0 Å². The molecular formula is C9H21NO3Si. The van der Waals surface area contributed by atoms with Crippen LogP contribution in [-0.4, -0.2) is 54.7 Å². The van der Waals surface area contributed by atoms with Crippen LogP contribution in [0.3, 0.4) is 0 Å². The molecule has 0 saturated carbocycles. The average molecular weight is 219 g/mol. The summed E-state index contributed by atoms with van der Waals surface area (Å²) in [6.45, 7) is 5.44. The molecule has 1 heterocycles. The van der Waals surface area contributed by atoms with Gasteiger partial charge in [-0.2, -0.15) is 0 Å². The molecule has 0 aromatic carbocycles. The third kappa shape index (κ3) is 2.17. The van der Waals surface area contributed by atoms with Gasteiger partial charge in [0.25, 0.3) is 0 Å². The summed E-state index contributed by atoms with van der Waals surface area (Å²) in [5.41, 5.74) is 0.433. The molecule has 0 radical (unpaired) electrons. The maximum Gasteiger partial charge on any atom is 0.504 e. The normalized spacial score (nSPS) is 24.4. The predicted octanol–water partition coefficient (Wildman–Crippen LogP) is 0.960. The van der Waals surface area contributed by atoms with Crippen LogP contribution in [0, 0.1) is 0 Å². The Hall–Kier alpha value is 0.0569. The largest absolute Gasteiger partial charge is 0.504 e. The van der Waals surface area contributed by atoms with Gasteiger partial charge in [0.1, 0.15) is 0 Å². The molecule has 0 aromatic heterocycles. The Kier molecular flexibility index (Phi) is 4.53. The van der Waals surface area contributed by atoms with Gasteiger partial charge in [-0.15, -0.1) is 0 Å². The van der Waals surface area contributed by atoms with Crippen molar-refractivity contribution < 1.29 is 13.3 Å². The van der Waals surface area contributed by atoms with Crippen molar-refractivity contribution in [2.45, 2.75) is 18.9 Å². The Morgan fingerprint density at radius 2 is 1.79 bits per heavy atom. The lowest BCUT2D eigenvalue weighted by Crippen LogP contribution is -2.48. The maximum atomic E-state index is 5.48. The van der Waals surface area contributed by atoms with Crippen molar-refractivity contribution in [1.82, 2.24) is 4.90 Å². The summed E-state index contributed by atoms with van der Waals surface area (Å²) in [4.78, 5) is 2.41. The molecule has 1 saturated heterocycles. The molecule has 0 aliphatic carbocycles. The van der Waals surface area contributed by atoms with E-state index < -0.39 is 8.80 Å². The van der Waals surface area contributed by atoms with Crippen LogP contribution in [0.4, 0.5) is 0 Å². The summed E-state index contributed by atoms with van der Waals surface area (Å²) in [7, 11) is 2.68. The van der Waals surface area contributed by atoms with Gasteiger partial charge in [-0.05, 0) is 19.5 Å². The third-order valence-electron chi connectivity index (χ3n) is 3.07. The van der Waals surface area contributed by atoms with Crippen LogP contribution in [0.25, 0.3) is 0 Å². The summed E-state index contributed by atoms with van der Waals surface area (Å²) in [5.74, 6) is 0. The molecule has 84 valence electrons. The quantitative estimate of drug-likeness (QED) is 0.645. The SMILES string of the molecule is CCN1CCC([Si](OC)(OC)OC)C1. The van der Waals surface area contributed by atoms with E-state index in [1.165, 1.54) is 0 Å². The molecule has 1 aliphatic heterocycles. The van der Waals surface area contributed by atoms with Crippen molar-refractivity contribution in [3.8, 4) is 0 Å². The lowest BCUT2D eigenvalue weighted by molar-refractivity contribution is 0.111. The highest BCUT2D eigenvalue weighted by Gasteiger charge is 2.49. The molecule has 14 heavy (non-hydrogen) atoms. The van der Waals surface area contributed by atoms with E-state index >= 15 is 0 Å². The van der Waals surface area contributed by atoms with E-state index in [4.69, 9.17) is 13.3 Å². The molecule has 5 heteroatoms. The molecule has 1 unspecified atom stereocenters. The van der Waals surface area contributed by atoms with Crippen LogP contribution < -0.4 is 0 Å². The molecule has 4 nitrogen and oxygen atoms in total. The van der Waals surface area contributed by atoms with E-state index in [1.807, 2.05) is 0 Å². The van der Waals surface area contributed by atoms with E-state index in [0.717, 1.165) is 26.1 Å². The third-order valence-corrected chi connectivity index (χ3v) is 6.25. The molecule has 0 N–H and O–H groups in total. The fraction of sp³-hybridized carbons (Fsp3) is 1.00. The molecule has 0 amide bonds. The first-order valence-corrected chi connectivity index (χ1v) is 6.90. The van der Waals surface area contributed by atoms with E-state index in [-0.39, 0.29) is 0 Å². The van der Waals surface area contributed by atoms with Crippen molar-refractivity contribution in [3.63, 3.8) is 0 Å². The minimum absolute atomic E-state index is 0.433. The summed E-state index contributed by atoms with van der Waals surface area (Å²) >= 11 is 0. The van der Waals surface area contributed by atoms with Crippen LogP contribution in [0.1, 0.15) is 13.3 Å². The zero-order valence-corrected chi connectivity index (χ0v) is 10.6. The van der Waals surface area contributed by atoms with E-state index in [9.17, 15) is 0 Å². The van der Waals surface area contributed by atoms with Gasteiger partial charge < -0.3 is 18.2 Å². The summed E-state index contributed by atoms with van der Waals surface area (Å²) < 4.78 is 16.4. The number of likely N-dealkylation sites (tertiary alicyclic amines) is 1. The first-order valence-electron chi connectivity index (χ1n) is 5.10. The number of nitrogens with zero attached hydrogens (tertiary/aromatic N) is 1. The van der Waals surface area contributed by atoms with Gasteiger partial charge in [0.05, 0.1) is 0 Å². The Balaban J connectivity index is 2.61. The van der Waals surface area contributed by atoms with Crippen LogP contribution in [0.5, 0.6) is 0 Å². The molecule has 1 fully saturated rings. The van der Waals surface area contributed by atoms with Crippen molar-refractivity contribution in [2.75, 3.05) is 41.0 Å². The van der Waals surface area contributed by atoms with Crippen molar-refractivity contribution in [2.24, 2.45) is 0 Å². The van der Waals surface area contributed by atoms with Crippen LogP contribution >= 0.6 is 0 Å². The molecule has 0 spiro atoms. The second-order valence-electron chi connectivity index (χ2n) is 3.59. The maximum absolute atomic E-state index is 5.48. The monoisotopic (exact) mass is 219 g/mol. The molecular weight excluding hydrogens is 198 g/mol. The fourth-order valence-electron chi connectivity index (χ4n) is 2.16. The van der Waals surface area contributed by atoms with Crippen molar-refractivity contribution in [3.05, 3.63) is 0 Å². The zero-order valence-electron chi connectivity index (χ0n) is 9.58. The summed E-state index contributed by atoms with van der Waals surface area (Å²) in [6.07, 6.45) is 1.12. The first kappa shape index (κ1) is 12.1. The molecule has 1 aliphatic rings. The van der Waals surface area contributed by atoms with Gasteiger partial charge in [0, 0.05) is 33.4 Å². The Morgan fingerprint density at radius 1 is 1.21 bits per heavy atom. The Morgan fingerprint density at radius 3 is 2.14 bits per heavy atom. The minimum atomic E-state index is -2.38. The molecule has 0 bridgehead atoms. The van der Waals surface area contributed by atoms with Crippen molar-refractivity contribution in [1.29, 1.82) is 0 Å². The number of hydrogen-bond acceptors (Lipinski definition) is 4. The number of rotatable bonds is 5. The van der Waals surface area contributed by atoms with Gasteiger partial charge in [0.2, 0.25) is 0 Å². The average Bonchev–Trinajstić information content (AvgIpc) is 2.71. The molecule has 1 atom stereocenters. The second kappa shape index (κ2) is 5.23. The predicted molar refractivity (Wildman–Crippen MR) is 57.3 cm³/mol. The molecule has 1 rings (SSSR count). The van der Waals surface area contributed by atoms with E-state index in [1.54, 1.807) is 21.3 Å². The Labute approximate surface area is 87.5 Å². The number of hydrogen-bond donors (Lipinski definition) is 0. The first-order chi connectivity index (χ1) is 6.72. The summed E-state index contributed by atoms with van der Waals surface area (Å²) in [5, 5.41) is 0. The van der Waals surface area contributed by atoms with Gasteiger partial charge >= 0.3 is 8.80 Å². The topological polar surface area (TPSA) is 30.9 Å². The zero-order chi connectivity index (χ0) is 10.6. The highest BCUT2D eigenvalue weighted by molar-refractivity contribution is 6.62. The van der Waals surface area contributed by atoms with E-state index in [0.29, 0.717) is 5.54 Å². The van der Waals surface area contributed by atoms with Gasteiger partial charge in [0.15, 0.2) is 0 Å². The lowest BCUT2D eigenvalue weighted by Gasteiger charge is -2.29. The summed E-state index contributed by atoms with van der Waals surface area (Å²) in [6, 6.07) is 0. The van der Waals surface area contributed by atoms with Crippen molar-refractivity contribution >= 4 is 8.80 Å². The standard InChI is InChI=1S/C9H21NO3Si/c1-5-10-7-6-9(8-10)14(11-2,12-3)13-4/h9H,5-8H2,1-4H3. The minimum Gasteiger partial charge on any atom is -0.377 e. The Bertz CT molecular complexity index is 167.